The van der Waals surface area contributed by atoms with Gasteiger partial charge in [-0.3, -0.25) is 0 Å². The number of piperidine rings is 1. The molecule has 1 fully saturated rings. The molecule has 0 aliphatic carbocycles. The Labute approximate surface area is 56.8 Å². The van der Waals surface area contributed by atoms with Crippen LogP contribution in [-0.2, 0) is 0 Å². The Bertz CT molecular complexity index is 123. The third-order valence-corrected chi connectivity index (χ3v) is 1.65. The van der Waals surface area contributed by atoms with Crippen LogP contribution in [0.1, 0.15) is 19.8 Å². The van der Waals surface area contributed by atoms with Crippen molar-refractivity contribution in [3.63, 3.8) is 0 Å². The highest BCUT2D eigenvalue weighted by Gasteiger charge is 2.08. The van der Waals surface area contributed by atoms with Gasteiger partial charge in [0.05, 0.1) is 0 Å². The second kappa shape index (κ2) is 3.53. The van der Waals surface area contributed by atoms with Gasteiger partial charge < -0.3 is 5.32 Å². The van der Waals surface area contributed by atoms with Crippen LogP contribution < -0.4 is 5.32 Å². The third-order valence-electron chi connectivity index (χ3n) is 1.65. The van der Waals surface area contributed by atoms with Gasteiger partial charge in [-0.05, 0) is 26.3 Å². The fourth-order valence-corrected chi connectivity index (χ4v) is 1.18. The molecule has 1 saturated heterocycles. The lowest BCUT2D eigenvalue weighted by Gasteiger charge is -2.17. The van der Waals surface area contributed by atoms with Gasteiger partial charge >= 0.3 is 0 Å². The van der Waals surface area contributed by atoms with Crippen LogP contribution >= 0.6 is 0 Å². The van der Waals surface area contributed by atoms with Crippen LogP contribution in [0.15, 0.2) is 0 Å². The van der Waals surface area contributed by atoms with E-state index >= 15 is 0 Å². The normalized spacial score (nSPS) is 26.6. The Kier molecular flexibility index (Phi) is 2.60. The molecule has 1 atom stereocenters. The molecule has 0 aromatic rings. The molecule has 50 valence electrons. The highest BCUT2D eigenvalue weighted by molar-refractivity contribution is 5.02. The zero-order chi connectivity index (χ0) is 6.53. The molecule has 0 spiro atoms. The fraction of sp³-hybridized carbons (Fsp3) is 0.750. The predicted molar refractivity (Wildman–Crippen MR) is 39.0 cm³/mol. The van der Waals surface area contributed by atoms with Crippen molar-refractivity contribution in [3.8, 4) is 11.8 Å². The predicted octanol–water partition coefficient (Wildman–Crippen LogP) is 1.01. The van der Waals surface area contributed by atoms with Gasteiger partial charge in [-0.15, -0.1) is 5.92 Å². The van der Waals surface area contributed by atoms with Crippen molar-refractivity contribution in [2.45, 2.75) is 19.8 Å². The minimum absolute atomic E-state index is 0.628. The van der Waals surface area contributed by atoms with Gasteiger partial charge in [0.25, 0.3) is 0 Å². The van der Waals surface area contributed by atoms with E-state index in [0.717, 1.165) is 6.54 Å². The van der Waals surface area contributed by atoms with Crippen molar-refractivity contribution in [2.75, 3.05) is 13.1 Å². The summed E-state index contributed by atoms with van der Waals surface area (Å²) in [6, 6.07) is 0. The fourth-order valence-electron chi connectivity index (χ4n) is 1.18. The molecule has 0 aromatic heterocycles. The Balaban J connectivity index is 2.28. The maximum Gasteiger partial charge on any atom is 0.0328 e. The first-order chi connectivity index (χ1) is 4.43. The molecular weight excluding hydrogens is 110 g/mol. The molecule has 1 aliphatic rings. The van der Waals surface area contributed by atoms with Crippen LogP contribution in [0.25, 0.3) is 0 Å². The van der Waals surface area contributed by atoms with Crippen molar-refractivity contribution in [1.29, 1.82) is 0 Å². The number of nitrogens with one attached hydrogen (secondary N) is 1. The van der Waals surface area contributed by atoms with Gasteiger partial charge in [-0.25, -0.2) is 0 Å². The first-order valence-corrected chi connectivity index (χ1v) is 3.56. The van der Waals surface area contributed by atoms with E-state index in [9.17, 15) is 0 Å². The Morgan fingerprint density at radius 1 is 1.56 bits per heavy atom. The lowest BCUT2D eigenvalue weighted by Crippen LogP contribution is -2.28. The van der Waals surface area contributed by atoms with Crippen molar-refractivity contribution in [2.24, 2.45) is 5.92 Å². The average Bonchev–Trinajstić information content (AvgIpc) is 1.91. The third kappa shape index (κ3) is 2.07. The van der Waals surface area contributed by atoms with Crippen molar-refractivity contribution < 1.29 is 0 Å². The average molecular weight is 123 g/mol. The molecule has 0 saturated carbocycles. The maximum absolute atomic E-state index is 3.32. The van der Waals surface area contributed by atoms with Crippen molar-refractivity contribution in [3.05, 3.63) is 0 Å². The van der Waals surface area contributed by atoms with E-state index in [1.807, 2.05) is 6.92 Å². The first-order valence-electron chi connectivity index (χ1n) is 3.56. The zero-order valence-electron chi connectivity index (χ0n) is 5.91. The molecule has 1 heteroatoms. The Hall–Kier alpha value is -0.480. The molecule has 1 heterocycles. The highest BCUT2D eigenvalue weighted by Crippen LogP contribution is 2.07. The van der Waals surface area contributed by atoms with Crippen LogP contribution in [0.3, 0.4) is 0 Å². The lowest BCUT2D eigenvalue weighted by molar-refractivity contribution is 0.449. The zero-order valence-corrected chi connectivity index (χ0v) is 5.91. The first kappa shape index (κ1) is 6.64. The second-order valence-corrected chi connectivity index (χ2v) is 2.44. The lowest BCUT2D eigenvalue weighted by atomic mass is 10.0. The standard InChI is InChI=1S/C8H13N/c1-2-4-8-5-3-6-9-7-8/h8-9H,3,5-7H2,1H3. The molecule has 0 aromatic carbocycles. The molecule has 1 aliphatic heterocycles. The summed E-state index contributed by atoms with van der Waals surface area (Å²) in [5, 5.41) is 3.32. The smallest absolute Gasteiger partial charge is 0.0328 e. The van der Waals surface area contributed by atoms with Crippen LogP contribution in [0, 0.1) is 17.8 Å². The molecule has 1 unspecified atom stereocenters. The number of hydrogen-bond donors (Lipinski definition) is 1. The Morgan fingerprint density at radius 2 is 2.44 bits per heavy atom. The summed E-state index contributed by atoms with van der Waals surface area (Å²) < 4.78 is 0. The summed E-state index contributed by atoms with van der Waals surface area (Å²) in [7, 11) is 0. The second-order valence-electron chi connectivity index (χ2n) is 2.44. The van der Waals surface area contributed by atoms with Crippen LogP contribution in [0.4, 0.5) is 0 Å². The van der Waals surface area contributed by atoms with Crippen molar-refractivity contribution in [1.82, 2.24) is 5.32 Å². The SMILES string of the molecule is CC#CC1CCCNC1. The van der Waals surface area contributed by atoms with E-state index < -0.39 is 0 Å². The van der Waals surface area contributed by atoms with Gasteiger partial charge in [0, 0.05) is 12.5 Å². The van der Waals surface area contributed by atoms with E-state index in [0.29, 0.717) is 5.92 Å². The summed E-state index contributed by atoms with van der Waals surface area (Å²) in [5.41, 5.74) is 0. The Morgan fingerprint density at radius 3 is 3.00 bits per heavy atom. The topological polar surface area (TPSA) is 12.0 Å². The minimum atomic E-state index is 0.628. The molecule has 0 amide bonds. The van der Waals surface area contributed by atoms with E-state index in [4.69, 9.17) is 0 Å². The van der Waals surface area contributed by atoms with Crippen LogP contribution in [0.5, 0.6) is 0 Å². The summed E-state index contributed by atoms with van der Waals surface area (Å²) >= 11 is 0. The van der Waals surface area contributed by atoms with Gasteiger partial charge in [0.15, 0.2) is 0 Å². The van der Waals surface area contributed by atoms with Gasteiger partial charge in [0.2, 0.25) is 0 Å². The molecule has 9 heavy (non-hydrogen) atoms. The molecule has 1 N–H and O–H groups in total. The summed E-state index contributed by atoms with van der Waals surface area (Å²) in [4.78, 5) is 0. The largest absolute Gasteiger partial charge is 0.316 e. The van der Waals surface area contributed by atoms with Crippen molar-refractivity contribution >= 4 is 0 Å². The summed E-state index contributed by atoms with van der Waals surface area (Å²) in [6.45, 7) is 4.19. The van der Waals surface area contributed by atoms with Crippen LogP contribution in [-0.4, -0.2) is 13.1 Å². The number of rotatable bonds is 0. The molecule has 1 rings (SSSR count). The van der Waals surface area contributed by atoms with E-state index in [2.05, 4.69) is 17.2 Å². The quantitative estimate of drug-likeness (QED) is 0.474. The minimum Gasteiger partial charge on any atom is -0.316 e. The van der Waals surface area contributed by atoms with Gasteiger partial charge in [-0.2, -0.15) is 0 Å². The molecule has 1 nitrogen and oxygen atoms in total. The van der Waals surface area contributed by atoms with Gasteiger partial charge in [-0.1, -0.05) is 5.92 Å². The van der Waals surface area contributed by atoms with E-state index in [1.54, 1.807) is 0 Å². The van der Waals surface area contributed by atoms with E-state index in [-0.39, 0.29) is 0 Å². The summed E-state index contributed by atoms with van der Waals surface area (Å²) in [5.74, 6) is 6.75. The maximum atomic E-state index is 3.32. The number of hydrogen-bond acceptors (Lipinski definition) is 1. The highest BCUT2D eigenvalue weighted by atomic mass is 14.9. The molecule has 0 radical (unpaired) electrons. The molecule has 0 bridgehead atoms. The monoisotopic (exact) mass is 123 g/mol. The van der Waals surface area contributed by atoms with Gasteiger partial charge in [0.1, 0.15) is 0 Å². The summed E-state index contributed by atoms with van der Waals surface area (Å²) in [6.07, 6.45) is 2.58. The van der Waals surface area contributed by atoms with E-state index in [1.165, 1.54) is 19.4 Å². The van der Waals surface area contributed by atoms with Crippen LogP contribution in [0.2, 0.25) is 0 Å². The molecular formula is C8H13N.